The number of hydrogen-bond acceptors (Lipinski definition) is 5. The van der Waals surface area contributed by atoms with Crippen molar-refractivity contribution in [2.75, 3.05) is 26.3 Å². The molecule has 0 unspecified atom stereocenters. The summed E-state index contributed by atoms with van der Waals surface area (Å²) in [5, 5.41) is 2.60. The molecule has 2 aromatic rings. The molecule has 0 saturated carbocycles. The molecule has 1 fully saturated rings. The molecule has 1 aliphatic heterocycles. The second-order valence-corrected chi connectivity index (χ2v) is 7.63. The lowest BCUT2D eigenvalue weighted by Gasteiger charge is -2.27. The fraction of sp³-hybridized carbons (Fsp3) is 0.294. The molecule has 8 nitrogen and oxygen atoms in total. The number of hydrogen-bond donors (Lipinski definition) is 2. The van der Waals surface area contributed by atoms with Crippen molar-refractivity contribution in [1.82, 2.24) is 14.6 Å². The lowest BCUT2D eigenvalue weighted by atomic mass is 10.2. The number of carbonyl (C=O) groups is 1. The molecule has 0 bridgehead atoms. The van der Waals surface area contributed by atoms with Gasteiger partial charge in [0.2, 0.25) is 10.0 Å². The van der Waals surface area contributed by atoms with E-state index >= 15 is 0 Å². The molecule has 1 saturated heterocycles. The second-order valence-electron chi connectivity index (χ2n) is 5.72. The third kappa shape index (κ3) is 3.85. The van der Waals surface area contributed by atoms with Crippen molar-refractivity contribution >= 4 is 15.9 Å². The lowest BCUT2D eigenvalue weighted by Crippen LogP contribution is -2.41. The summed E-state index contributed by atoms with van der Waals surface area (Å²) in [6, 6.07) is 9.46. The van der Waals surface area contributed by atoms with Gasteiger partial charge in [-0.15, -0.1) is 0 Å². The standard InChI is InChI=1S/C17H19N3O5S/c21-16-14(5-3-7-18-16)17(22)19-12-13-4-1-2-6-15(13)26(23,24)20-8-10-25-11-9-20/h1-7H,8-12H2,(H,18,21)(H,19,22). The minimum Gasteiger partial charge on any atom is -0.379 e. The smallest absolute Gasteiger partial charge is 0.260 e. The molecule has 138 valence electrons. The SMILES string of the molecule is O=C(NCc1ccccc1S(=O)(=O)N1CCOCC1)c1ccc[nH]c1=O. The molecule has 1 aromatic heterocycles. The van der Waals surface area contributed by atoms with Gasteiger partial charge in [-0.1, -0.05) is 18.2 Å². The van der Waals surface area contributed by atoms with E-state index in [2.05, 4.69) is 10.3 Å². The monoisotopic (exact) mass is 377 g/mol. The quantitative estimate of drug-likeness (QED) is 0.780. The highest BCUT2D eigenvalue weighted by Gasteiger charge is 2.28. The number of ether oxygens (including phenoxy) is 1. The number of aromatic amines is 1. The first-order chi connectivity index (χ1) is 12.5. The van der Waals surface area contributed by atoms with Crippen LogP contribution in [0.25, 0.3) is 0 Å². The van der Waals surface area contributed by atoms with E-state index in [9.17, 15) is 18.0 Å². The average Bonchev–Trinajstić information content (AvgIpc) is 2.67. The predicted octanol–water partition coefficient (Wildman–Crippen LogP) is 0.326. The third-order valence-electron chi connectivity index (χ3n) is 4.06. The molecule has 3 rings (SSSR count). The molecule has 1 aliphatic rings. The Labute approximate surface area is 150 Å². The minimum absolute atomic E-state index is 0.00703. The molecule has 2 heterocycles. The van der Waals surface area contributed by atoms with Crippen LogP contribution >= 0.6 is 0 Å². The maximum atomic E-state index is 12.9. The van der Waals surface area contributed by atoms with Gasteiger partial charge in [0.05, 0.1) is 18.1 Å². The number of benzene rings is 1. The molecule has 1 aromatic carbocycles. The van der Waals surface area contributed by atoms with E-state index in [1.807, 2.05) is 0 Å². The van der Waals surface area contributed by atoms with E-state index < -0.39 is 21.5 Å². The number of sulfonamides is 1. The van der Waals surface area contributed by atoms with Crippen molar-refractivity contribution < 1.29 is 17.9 Å². The normalized spacial score (nSPS) is 15.5. The van der Waals surface area contributed by atoms with Gasteiger partial charge in [-0.3, -0.25) is 9.59 Å². The van der Waals surface area contributed by atoms with Crippen LogP contribution in [0.3, 0.4) is 0 Å². The summed E-state index contributed by atoms with van der Waals surface area (Å²) in [4.78, 5) is 26.4. The minimum atomic E-state index is -3.68. The zero-order chi connectivity index (χ0) is 18.6. The summed E-state index contributed by atoms with van der Waals surface area (Å²) >= 11 is 0. The largest absolute Gasteiger partial charge is 0.379 e. The Bertz CT molecular complexity index is 949. The Morgan fingerprint density at radius 1 is 1.15 bits per heavy atom. The fourth-order valence-electron chi connectivity index (χ4n) is 2.70. The van der Waals surface area contributed by atoms with Gasteiger partial charge in [0.25, 0.3) is 11.5 Å². The highest BCUT2D eigenvalue weighted by molar-refractivity contribution is 7.89. The molecule has 0 spiro atoms. The molecule has 2 N–H and O–H groups in total. The Morgan fingerprint density at radius 3 is 2.62 bits per heavy atom. The number of nitrogens with zero attached hydrogens (tertiary/aromatic N) is 1. The number of amides is 1. The number of rotatable bonds is 5. The lowest BCUT2D eigenvalue weighted by molar-refractivity contribution is 0.0730. The van der Waals surface area contributed by atoms with Crippen LogP contribution in [-0.2, 0) is 21.3 Å². The van der Waals surface area contributed by atoms with Gasteiger partial charge < -0.3 is 15.0 Å². The maximum absolute atomic E-state index is 12.9. The molecular weight excluding hydrogens is 358 g/mol. The molecular formula is C17H19N3O5S. The first kappa shape index (κ1) is 18.3. The highest BCUT2D eigenvalue weighted by Crippen LogP contribution is 2.21. The number of aromatic nitrogens is 1. The second kappa shape index (κ2) is 7.81. The summed E-state index contributed by atoms with van der Waals surface area (Å²) in [7, 11) is -3.68. The third-order valence-corrected chi connectivity index (χ3v) is 6.06. The van der Waals surface area contributed by atoms with Crippen molar-refractivity contribution in [3.8, 4) is 0 Å². The number of pyridine rings is 1. The Kier molecular flexibility index (Phi) is 5.50. The summed E-state index contributed by atoms with van der Waals surface area (Å²) in [6.07, 6.45) is 1.43. The maximum Gasteiger partial charge on any atom is 0.260 e. The van der Waals surface area contributed by atoms with Crippen molar-refractivity contribution in [1.29, 1.82) is 0 Å². The summed E-state index contributed by atoms with van der Waals surface area (Å²) < 4.78 is 32.3. The van der Waals surface area contributed by atoms with Crippen LogP contribution < -0.4 is 10.9 Å². The van der Waals surface area contributed by atoms with Gasteiger partial charge in [-0.2, -0.15) is 4.31 Å². The van der Waals surface area contributed by atoms with E-state index in [0.717, 1.165) is 0 Å². The zero-order valence-electron chi connectivity index (χ0n) is 14.0. The van der Waals surface area contributed by atoms with Gasteiger partial charge in [-0.25, -0.2) is 8.42 Å². The average molecular weight is 377 g/mol. The van der Waals surface area contributed by atoms with E-state index in [4.69, 9.17) is 4.74 Å². The predicted molar refractivity (Wildman–Crippen MR) is 94.3 cm³/mol. The van der Waals surface area contributed by atoms with Crippen LogP contribution in [0.4, 0.5) is 0 Å². The molecule has 9 heteroatoms. The van der Waals surface area contributed by atoms with Gasteiger partial charge in [-0.05, 0) is 23.8 Å². The summed E-state index contributed by atoms with van der Waals surface area (Å²) in [5.74, 6) is -0.564. The van der Waals surface area contributed by atoms with Gasteiger partial charge in [0.1, 0.15) is 5.56 Å². The van der Waals surface area contributed by atoms with Crippen LogP contribution in [0.2, 0.25) is 0 Å². The molecule has 26 heavy (non-hydrogen) atoms. The number of morpholine rings is 1. The van der Waals surface area contributed by atoms with Crippen LogP contribution in [0.5, 0.6) is 0 Å². The molecule has 0 radical (unpaired) electrons. The molecule has 0 aliphatic carbocycles. The van der Waals surface area contributed by atoms with Crippen molar-refractivity contribution in [2.24, 2.45) is 0 Å². The van der Waals surface area contributed by atoms with Crippen molar-refractivity contribution in [2.45, 2.75) is 11.4 Å². The van der Waals surface area contributed by atoms with Crippen LogP contribution in [-0.4, -0.2) is 49.9 Å². The Morgan fingerprint density at radius 2 is 1.88 bits per heavy atom. The van der Waals surface area contributed by atoms with Crippen LogP contribution in [0.15, 0.2) is 52.3 Å². The van der Waals surface area contributed by atoms with Crippen LogP contribution in [0.1, 0.15) is 15.9 Å². The zero-order valence-corrected chi connectivity index (χ0v) is 14.8. The Balaban J connectivity index is 1.80. The van der Waals surface area contributed by atoms with Crippen molar-refractivity contribution in [3.05, 3.63) is 64.1 Å². The number of carbonyl (C=O) groups excluding carboxylic acids is 1. The summed E-state index contributed by atoms with van der Waals surface area (Å²) in [6.45, 7) is 1.29. The number of H-pyrrole nitrogens is 1. The van der Waals surface area contributed by atoms with E-state index in [1.165, 1.54) is 22.6 Å². The number of nitrogens with one attached hydrogen (secondary N) is 2. The molecule has 1 amide bonds. The Hall–Kier alpha value is -2.49. The van der Waals surface area contributed by atoms with Gasteiger partial charge in [0.15, 0.2) is 0 Å². The van der Waals surface area contributed by atoms with Crippen molar-refractivity contribution in [3.63, 3.8) is 0 Å². The summed E-state index contributed by atoms with van der Waals surface area (Å²) in [5.41, 5.74) is -0.0695. The van der Waals surface area contributed by atoms with E-state index in [0.29, 0.717) is 31.9 Å². The molecule has 0 atom stereocenters. The topological polar surface area (TPSA) is 109 Å². The highest BCUT2D eigenvalue weighted by atomic mass is 32.2. The van der Waals surface area contributed by atoms with E-state index in [1.54, 1.807) is 24.3 Å². The van der Waals surface area contributed by atoms with E-state index in [-0.39, 0.29) is 17.0 Å². The first-order valence-electron chi connectivity index (χ1n) is 8.12. The van der Waals surface area contributed by atoms with Gasteiger partial charge in [0, 0.05) is 25.8 Å². The van der Waals surface area contributed by atoms with Gasteiger partial charge >= 0.3 is 0 Å². The first-order valence-corrected chi connectivity index (χ1v) is 9.56. The fourth-order valence-corrected chi connectivity index (χ4v) is 4.33. The van der Waals surface area contributed by atoms with Crippen LogP contribution in [0, 0.1) is 0 Å².